The van der Waals surface area contributed by atoms with Crippen LogP contribution in [-0.4, -0.2) is 48.7 Å². The lowest BCUT2D eigenvalue weighted by atomic mass is 9.87. The van der Waals surface area contributed by atoms with Gasteiger partial charge in [0.1, 0.15) is 0 Å². The minimum absolute atomic E-state index is 0.192. The summed E-state index contributed by atoms with van der Waals surface area (Å²) in [5.74, 6) is 0. The van der Waals surface area contributed by atoms with Crippen LogP contribution in [-0.2, 0) is 53.2 Å². The first kappa shape index (κ1) is 36.7. The molecule has 4 aromatic rings. The number of ether oxygens (including phenoxy) is 2. The molecule has 7 heteroatoms. The molecule has 47 heavy (non-hydrogen) atoms. The molecule has 252 valence electrons. The molecular weight excluding hydrogens is 605 g/mol. The minimum atomic E-state index is -3.67. The summed E-state index contributed by atoms with van der Waals surface area (Å²) in [5.41, 5.74) is 4.35. The van der Waals surface area contributed by atoms with Crippen molar-refractivity contribution >= 4 is 9.05 Å². The summed E-state index contributed by atoms with van der Waals surface area (Å²) >= 11 is 0. The van der Waals surface area contributed by atoms with Gasteiger partial charge in [0.2, 0.25) is 0 Å². The summed E-state index contributed by atoms with van der Waals surface area (Å²) in [6.45, 7) is 11.9. The summed E-state index contributed by atoms with van der Waals surface area (Å²) in [5, 5.41) is 0. The standard InChI is InChI=1S/C40H52O6Si/c1-39(2,29-35-17-9-5-10-18-35)33-45-47(43-27-25-41-31-37-21-13-7-14-22-37,44-28-26-42-32-38-23-15-8-16-24-38)46-34-40(3,4)30-36-19-11-6-12-20-36/h5-24H,25-34H2,1-4H3. The monoisotopic (exact) mass is 656 g/mol. The van der Waals surface area contributed by atoms with Crippen LogP contribution in [0.1, 0.15) is 49.9 Å². The molecule has 0 bridgehead atoms. The Bertz CT molecular complexity index is 1270. The van der Waals surface area contributed by atoms with Crippen molar-refractivity contribution in [3.8, 4) is 0 Å². The molecule has 0 aliphatic carbocycles. The van der Waals surface area contributed by atoms with Crippen LogP contribution in [0.2, 0.25) is 0 Å². The van der Waals surface area contributed by atoms with Crippen molar-refractivity contribution in [3.05, 3.63) is 144 Å². The highest BCUT2D eigenvalue weighted by Crippen LogP contribution is 2.28. The zero-order valence-electron chi connectivity index (χ0n) is 28.6. The molecule has 0 spiro atoms. The lowest BCUT2D eigenvalue weighted by molar-refractivity contribution is -0.0769. The summed E-state index contributed by atoms with van der Waals surface area (Å²) < 4.78 is 38.4. The lowest BCUT2D eigenvalue weighted by Crippen LogP contribution is -2.53. The molecule has 6 nitrogen and oxygen atoms in total. The lowest BCUT2D eigenvalue weighted by Gasteiger charge is -2.35. The Kier molecular flexibility index (Phi) is 14.8. The van der Waals surface area contributed by atoms with E-state index in [-0.39, 0.29) is 24.0 Å². The molecule has 0 N–H and O–H groups in total. The van der Waals surface area contributed by atoms with E-state index in [1.807, 2.05) is 72.8 Å². The molecule has 0 heterocycles. The third-order valence-electron chi connectivity index (χ3n) is 7.57. The molecular formula is C40H52O6Si. The molecule has 0 aliphatic rings. The average molecular weight is 657 g/mol. The maximum Gasteiger partial charge on any atom is 0.679 e. The van der Waals surface area contributed by atoms with Crippen LogP contribution >= 0.6 is 0 Å². The zero-order valence-corrected chi connectivity index (χ0v) is 29.6. The second-order valence-corrected chi connectivity index (χ2v) is 15.7. The van der Waals surface area contributed by atoms with Crippen molar-refractivity contribution in [2.75, 3.05) is 39.6 Å². The van der Waals surface area contributed by atoms with Crippen LogP contribution in [0.15, 0.2) is 121 Å². The first-order valence-corrected chi connectivity index (χ1v) is 18.2. The first-order chi connectivity index (χ1) is 22.7. The summed E-state index contributed by atoms with van der Waals surface area (Å²) in [6, 6.07) is 41.2. The van der Waals surface area contributed by atoms with E-state index in [9.17, 15) is 0 Å². The predicted molar refractivity (Wildman–Crippen MR) is 190 cm³/mol. The maximum atomic E-state index is 6.70. The highest BCUT2D eigenvalue weighted by atomic mass is 28.4. The zero-order chi connectivity index (χ0) is 33.3. The average Bonchev–Trinajstić information content (AvgIpc) is 3.07. The number of rotatable bonds is 22. The quantitative estimate of drug-likeness (QED) is 0.0625. The second-order valence-electron chi connectivity index (χ2n) is 13.5. The largest absolute Gasteiger partial charge is 0.679 e. The van der Waals surface area contributed by atoms with Crippen LogP contribution in [0.4, 0.5) is 0 Å². The van der Waals surface area contributed by atoms with Crippen molar-refractivity contribution in [1.82, 2.24) is 0 Å². The van der Waals surface area contributed by atoms with Crippen LogP contribution < -0.4 is 0 Å². The molecule has 0 radical (unpaired) electrons. The van der Waals surface area contributed by atoms with Crippen molar-refractivity contribution in [1.29, 1.82) is 0 Å². The van der Waals surface area contributed by atoms with E-state index < -0.39 is 9.05 Å². The summed E-state index contributed by atoms with van der Waals surface area (Å²) in [6.07, 6.45) is 1.69. The van der Waals surface area contributed by atoms with Crippen molar-refractivity contribution < 1.29 is 27.2 Å². The molecule has 0 aromatic heterocycles. The van der Waals surface area contributed by atoms with Gasteiger partial charge in [0.25, 0.3) is 0 Å². The highest BCUT2D eigenvalue weighted by Gasteiger charge is 2.48. The molecule has 0 aliphatic heterocycles. The fraction of sp³-hybridized carbons (Fsp3) is 0.400. The Morgan fingerprint density at radius 1 is 0.404 bits per heavy atom. The van der Waals surface area contributed by atoms with Crippen molar-refractivity contribution in [2.24, 2.45) is 10.8 Å². The summed E-state index contributed by atoms with van der Waals surface area (Å²) in [7, 11) is -3.67. The van der Waals surface area contributed by atoms with E-state index in [1.54, 1.807) is 0 Å². The molecule has 0 atom stereocenters. The van der Waals surface area contributed by atoms with Gasteiger partial charge < -0.3 is 27.2 Å². The SMILES string of the molecule is CC(C)(CO[Si](OCCOCc1ccccc1)(OCCOCc1ccccc1)OCC(C)(C)Cc1ccccc1)Cc1ccccc1. The molecule has 0 amide bonds. The first-order valence-electron chi connectivity index (χ1n) is 16.6. The van der Waals surface area contributed by atoms with E-state index >= 15 is 0 Å². The Hall–Kier alpha value is -3.14. The fourth-order valence-corrected chi connectivity index (χ4v) is 7.50. The molecule has 4 aromatic carbocycles. The van der Waals surface area contributed by atoms with E-state index in [0.717, 1.165) is 24.0 Å². The van der Waals surface area contributed by atoms with Gasteiger partial charge in [-0.2, -0.15) is 0 Å². The van der Waals surface area contributed by atoms with Crippen molar-refractivity contribution in [2.45, 2.75) is 53.8 Å². The van der Waals surface area contributed by atoms with Crippen LogP contribution in [0.3, 0.4) is 0 Å². The second kappa shape index (κ2) is 19.0. The fourth-order valence-electron chi connectivity index (χ4n) is 5.20. The van der Waals surface area contributed by atoms with Crippen LogP contribution in [0, 0.1) is 10.8 Å². The van der Waals surface area contributed by atoms with Gasteiger partial charge in [0, 0.05) is 13.2 Å². The van der Waals surface area contributed by atoms with Gasteiger partial charge >= 0.3 is 9.05 Å². The molecule has 4 rings (SSSR count). The Balaban J connectivity index is 1.45. The van der Waals surface area contributed by atoms with E-state index in [0.29, 0.717) is 39.6 Å². The number of hydrogen-bond acceptors (Lipinski definition) is 6. The predicted octanol–water partition coefficient (Wildman–Crippen LogP) is 8.46. The van der Waals surface area contributed by atoms with Gasteiger partial charge in [-0.1, -0.05) is 149 Å². The molecule has 0 saturated heterocycles. The van der Waals surface area contributed by atoms with E-state index in [4.69, 9.17) is 27.2 Å². The van der Waals surface area contributed by atoms with Gasteiger partial charge in [-0.15, -0.1) is 0 Å². The van der Waals surface area contributed by atoms with Crippen molar-refractivity contribution in [3.63, 3.8) is 0 Å². The smallest absolute Gasteiger partial charge is 0.374 e. The molecule has 0 fully saturated rings. The minimum Gasteiger partial charge on any atom is -0.374 e. The van der Waals surface area contributed by atoms with Gasteiger partial charge in [0.05, 0.1) is 39.6 Å². The van der Waals surface area contributed by atoms with Gasteiger partial charge in [0.15, 0.2) is 0 Å². The molecule has 0 unspecified atom stereocenters. The molecule has 0 saturated carbocycles. The third kappa shape index (κ3) is 14.2. The summed E-state index contributed by atoms with van der Waals surface area (Å²) in [4.78, 5) is 0. The Morgan fingerprint density at radius 2 is 0.723 bits per heavy atom. The number of benzene rings is 4. The van der Waals surface area contributed by atoms with Crippen LogP contribution in [0.25, 0.3) is 0 Å². The Labute approximate surface area is 283 Å². The highest BCUT2D eigenvalue weighted by molar-refractivity contribution is 6.53. The number of hydrogen-bond donors (Lipinski definition) is 0. The van der Waals surface area contributed by atoms with E-state index in [1.165, 1.54) is 11.1 Å². The topological polar surface area (TPSA) is 55.4 Å². The normalized spacial score (nSPS) is 12.3. The van der Waals surface area contributed by atoms with E-state index in [2.05, 4.69) is 76.2 Å². The third-order valence-corrected chi connectivity index (χ3v) is 9.68. The van der Waals surface area contributed by atoms with Gasteiger partial charge in [-0.25, -0.2) is 0 Å². The maximum absolute atomic E-state index is 6.70. The van der Waals surface area contributed by atoms with Gasteiger partial charge in [-0.05, 0) is 45.9 Å². The Morgan fingerprint density at radius 3 is 1.06 bits per heavy atom. The van der Waals surface area contributed by atoms with Gasteiger partial charge in [-0.3, -0.25) is 0 Å². The van der Waals surface area contributed by atoms with Crippen LogP contribution in [0.5, 0.6) is 0 Å².